The summed E-state index contributed by atoms with van der Waals surface area (Å²) in [4.78, 5) is 4.29. The van der Waals surface area contributed by atoms with E-state index < -0.39 is 0 Å². The Morgan fingerprint density at radius 1 is 1.60 bits per heavy atom. The van der Waals surface area contributed by atoms with Crippen LogP contribution in [0.15, 0.2) is 27.6 Å². The van der Waals surface area contributed by atoms with E-state index in [2.05, 4.69) is 31.7 Å². The molecule has 0 radical (unpaired) electrons. The van der Waals surface area contributed by atoms with Crippen LogP contribution in [-0.4, -0.2) is 9.55 Å². The molecule has 0 spiro atoms. The lowest BCUT2D eigenvalue weighted by Gasteiger charge is -2.15. The zero-order valence-electron chi connectivity index (χ0n) is 8.14. The highest BCUT2D eigenvalue weighted by Crippen LogP contribution is 2.30. The molecule has 0 aromatic carbocycles. The Hall–Kier alpha value is -0.690. The topological polar surface area (TPSA) is 55.9 Å². The second-order valence-corrected chi connectivity index (χ2v) is 4.77. The molecule has 0 fully saturated rings. The van der Waals surface area contributed by atoms with E-state index in [0.717, 1.165) is 15.9 Å². The van der Waals surface area contributed by atoms with Crippen LogP contribution in [0, 0.1) is 0 Å². The van der Waals surface area contributed by atoms with Gasteiger partial charge < -0.3 is 4.57 Å². The smallest absolute Gasteiger partial charge is 0.131 e. The highest BCUT2D eigenvalue weighted by molar-refractivity contribution is 9.10. The average Bonchev–Trinajstić information content (AvgIpc) is 2.80. The summed E-state index contributed by atoms with van der Waals surface area (Å²) in [5, 5.41) is 4.09. The number of aryl methyl sites for hydroxylation is 1. The normalized spacial score (nSPS) is 13.0. The Morgan fingerprint density at radius 3 is 2.87 bits per heavy atom. The predicted octanol–water partition coefficient (Wildman–Crippen LogP) is 1.80. The van der Waals surface area contributed by atoms with Gasteiger partial charge in [0.2, 0.25) is 0 Å². The number of hydrogen-bond acceptors (Lipinski definition) is 4. The first-order chi connectivity index (χ1) is 7.24. The van der Waals surface area contributed by atoms with Crippen LogP contribution >= 0.6 is 27.3 Å². The Balaban J connectivity index is 2.41. The lowest BCUT2D eigenvalue weighted by atomic mass is 10.1. The van der Waals surface area contributed by atoms with Crippen molar-refractivity contribution >= 4 is 27.3 Å². The molecule has 0 bridgehead atoms. The molecule has 4 nitrogen and oxygen atoms in total. The van der Waals surface area contributed by atoms with Crippen molar-refractivity contribution < 1.29 is 0 Å². The molecule has 0 aliphatic rings. The van der Waals surface area contributed by atoms with Crippen molar-refractivity contribution in [2.75, 3.05) is 0 Å². The molecule has 3 N–H and O–H groups in total. The third-order valence-corrected chi connectivity index (χ3v) is 3.99. The van der Waals surface area contributed by atoms with Crippen molar-refractivity contribution in [3.05, 3.63) is 39.0 Å². The van der Waals surface area contributed by atoms with Crippen molar-refractivity contribution in [3.8, 4) is 0 Å². The third kappa shape index (κ3) is 1.98. The Kier molecular flexibility index (Phi) is 3.20. The molecule has 0 aliphatic carbocycles. The molecule has 0 aliphatic heterocycles. The molecule has 0 saturated heterocycles. The van der Waals surface area contributed by atoms with E-state index in [9.17, 15) is 0 Å². The summed E-state index contributed by atoms with van der Waals surface area (Å²) < 4.78 is 3.01. The number of aromatic nitrogens is 2. The number of nitrogens with zero attached hydrogens (tertiary/aromatic N) is 2. The van der Waals surface area contributed by atoms with E-state index in [4.69, 9.17) is 5.84 Å². The number of hydrazine groups is 1. The van der Waals surface area contributed by atoms with Gasteiger partial charge in [-0.2, -0.15) is 11.3 Å². The highest BCUT2D eigenvalue weighted by atomic mass is 79.9. The van der Waals surface area contributed by atoms with Gasteiger partial charge in [-0.3, -0.25) is 5.84 Å². The minimum Gasteiger partial charge on any atom is -0.336 e. The predicted molar refractivity (Wildman–Crippen MR) is 64.4 cm³/mol. The zero-order valence-corrected chi connectivity index (χ0v) is 10.5. The van der Waals surface area contributed by atoms with Gasteiger partial charge in [0.15, 0.2) is 0 Å². The van der Waals surface area contributed by atoms with Crippen LogP contribution in [-0.2, 0) is 7.05 Å². The van der Waals surface area contributed by atoms with Crippen LogP contribution in [0.1, 0.15) is 17.4 Å². The minimum absolute atomic E-state index is 0.0781. The van der Waals surface area contributed by atoms with E-state index in [-0.39, 0.29) is 6.04 Å². The number of thiophene rings is 1. The Morgan fingerprint density at radius 2 is 2.40 bits per heavy atom. The number of halogens is 1. The minimum atomic E-state index is -0.0781. The van der Waals surface area contributed by atoms with Gasteiger partial charge in [-0.05, 0) is 21.3 Å². The van der Waals surface area contributed by atoms with Crippen LogP contribution in [0.3, 0.4) is 0 Å². The summed E-state index contributed by atoms with van der Waals surface area (Å²) in [7, 11) is 1.95. The Labute approximate surface area is 100 Å². The number of nitrogens with one attached hydrogen (secondary N) is 1. The largest absolute Gasteiger partial charge is 0.336 e. The van der Waals surface area contributed by atoms with Crippen LogP contribution in [0.4, 0.5) is 0 Å². The third-order valence-electron chi connectivity index (χ3n) is 2.24. The fraction of sp³-hybridized carbons (Fsp3) is 0.222. The van der Waals surface area contributed by atoms with Gasteiger partial charge in [0.1, 0.15) is 11.9 Å². The van der Waals surface area contributed by atoms with Crippen molar-refractivity contribution in [1.29, 1.82) is 0 Å². The van der Waals surface area contributed by atoms with E-state index in [1.54, 1.807) is 17.5 Å². The maximum atomic E-state index is 5.57. The summed E-state index contributed by atoms with van der Waals surface area (Å²) in [6.07, 6.45) is 3.67. The second-order valence-electron chi connectivity index (χ2n) is 3.17. The number of hydrogen-bond donors (Lipinski definition) is 2. The highest BCUT2D eigenvalue weighted by Gasteiger charge is 2.19. The van der Waals surface area contributed by atoms with Gasteiger partial charge in [-0.15, -0.1) is 0 Å². The number of imidazole rings is 1. The zero-order chi connectivity index (χ0) is 10.8. The molecule has 2 aromatic heterocycles. The van der Waals surface area contributed by atoms with Gasteiger partial charge >= 0.3 is 0 Å². The average molecular weight is 287 g/mol. The van der Waals surface area contributed by atoms with Gasteiger partial charge in [-0.1, -0.05) is 0 Å². The second kappa shape index (κ2) is 4.44. The van der Waals surface area contributed by atoms with E-state index in [1.807, 2.05) is 23.2 Å². The molecular formula is C9H11BrN4S. The molecule has 2 heterocycles. The molecule has 15 heavy (non-hydrogen) atoms. The summed E-state index contributed by atoms with van der Waals surface area (Å²) in [5.74, 6) is 6.47. The van der Waals surface area contributed by atoms with Crippen molar-refractivity contribution in [2.24, 2.45) is 12.9 Å². The fourth-order valence-corrected chi connectivity index (χ4v) is 3.01. The summed E-state index contributed by atoms with van der Waals surface area (Å²) >= 11 is 5.13. The van der Waals surface area contributed by atoms with Crippen LogP contribution in [0.2, 0.25) is 0 Å². The lowest BCUT2D eigenvalue weighted by molar-refractivity contribution is 0.580. The maximum absolute atomic E-state index is 5.57. The first-order valence-electron chi connectivity index (χ1n) is 4.39. The molecule has 0 saturated carbocycles. The molecule has 1 atom stereocenters. The van der Waals surface area contributed by atoms with Gasteiger partial charge in [0, 0.05) is 34.9 Å². The van der Waals surface area contributed by atoms with Gasteiger partial charge in [-0.25, -0.2) is 10.4 Å². The standard InChI is InChI=1S/C9H11BrN4S/c1-14-3-2-12-9(14)8(13-11)6-4-15-5-7(6)10/h2-5,8,13H,11H2,1H3. The van der Waals surface area contributed by atoms with Crippen LogP contribution in [0.5, 0.6) is 0 Å². The first-order valence-corrected chi connectivity index (χ1v) is 6.12. The molecule has 0 amide bonds. The van der Waals surface area contributed by atoms with Crippen molar-refractivity contribution in [3.63, 3.8) is 0 Å². The summed E-state index contributed by atoms with van der Waals surface area (Å²) in [5.41, 5.74) is 3.89. The quantitative estimate of drug-likeness (QED) is 0.668. The van der Waals surface area contributed by atoms with Crippen molar-refractivity contribution in [2.45, 2.75) is 6.04 Å². The molecular weight excluding hydrogens is 276 g/mol. The first kappa shape index (κ1) is 10.8. The van der Waals surface area contributed by atoms with Gasteiger partial charge in [0.25, 0.3) is 0 Å². The monoisotopic (exact) mass is 286 g/mol. The SMILES string of the molecule is Cn1ccnc1C(NN)c1cscc1Br. The van der Waals surface area contributed by atoms with E-state index in [1.165, 1.54) is 0 Å². The van der Waals surface area contributed by atoms with Gasteiger partial charge in [0.05, 0.1) is 0 Å². The summed E-state index contributed by atoms with van der Waals surface area (Å²) in [6.45, 7) is 0. The number of rotatable bonds is 3. The fourth-order valence-electron chi connectivity index (χ4n) is 1.46. The maximum Gasteiger partial charge on any atom is 0.131 e. The van der Waals surface area contributed by atoms with Crippen LogP contribution in [0.25, 0.3) is 0 Å². The summed E-state index contributed by atoms with van der Waals surface area (Å²) in [6, 6.07) is -0.0781. The molecule has 1 unspecified atom stereocenters. The number of nitrogens with two attached hydrogens (primary N) is 1. The lowest BCUT2D eigenvalue weighted by Crippen LogP contribution is -2.30. The van der Waals surface area contributed by atoms with Crippen LogP contribution < -0.4 is 11.3 Å². The molecule has 2 rings (SSSR count). The van der Waals surface area contributed by atoms with E-state index >= 15 is 0 Å². The molecule has 6 heteroatoms. The Bertz CT molecular complexity index is 410. The molecule has 80 valence electrons. The van der Waals surface area contributed by atoms with E-state index in [0.29, 0.717) is 0 Å². The molecule has 2 aromatic rings. The van der Waals surface area contributed by atoms with Crippen molar-refractivity contribution in [1.82, 2.24) is 15.0 Å².